The third kappa shape index (κ3) is 4.04. The van der Waals surface area contributed by atoms with Crippen LogP contribution in [-0.4, -0.2) is 66.7 Å². The number of carboxylic acid groups (broad SMARTS) is 1. The molecule has 1 aromatic carbocycles. The van der Waals surface area contributed by atoms with Gasteiger partial charge in [-0.1, -0.05) is 0 Å². The quantitative estimate of drug-likeness (QED) is 0.830. The second-order valence-electron chi connectivity index (χ2n) is 6.51. The van der Waals surface area contributed by atoms with Gasteiger partial charge in [-0.15, -0.1) is 12.4 Å². The molecule has 144 valence electrons. The molecule has 0 aromatic heterocycles. The highest BCUT2D eigenvalue weighted by atomic mass is 35.5. The fourth-order valence-corrected chi connectivity index (χ4v) is 3.66. The van der Waals surface area contributed by atoms with E-state index in [4.69, 9.17) is 9.47 Å². The number of fused-ring (bicyclic) bond motifs is 1. The molecular formula is C18H25ClN2O5. The number of amides is 1. The molecule has 7 nitrogen and oxygen atoms in total. The van der Waals surface area contributed by atoms with Crippen LogP contribution in [0.5, 0.6) is 11.5 Å². The van der Waals surface area contributed by atoms with Crippen molar-refractivity contribution in [2.45, 2.75) is 31.8 Å². The van der Waals surface area contributed by atoms with Gasteiger partial charge in [0.25, 0.3) is 0 Å². The zero-order chi connectivity index (χ0) is 18.0. The van der Waals surface area contributed by atoms with Gasteiger partial charge in [-0.25, -0.2) is 0 Å². The van der Waals surface area contributed by atoms with Gasteiger partial charge in [-0.3, -0.25) is 14.5 Å². The van der Waals surface area contributed by atoms with E-state index in [1.54, 1.807) is 24.0 Å². The largest absolute Gasteiger partial charge is 0.493 e. The lowest BCUT2D eigenvalue weighted by atomic mass is 9.98. The SMILES string of the molecule is COc1cc2c(cc1OC)CN(C(=O)CN1CCC[C@H]1C(=O)O)CC2.Cl. The molecule has 1 atom stereocenters. The standard InChI is InChI=1S/C18H24N2O5.ClH/c1-24-15-8-12-5-7-20(10-13(12)9-16(15)25-2)17(21)11-19-6-3-4-14(19)18(22)23;/h8-9,14H,3-7,10-11H2,1-2H3,(H,22,23);1H/t14-;/m0./s1. The smallest absolute Gasteiger partial charge is 0.320 e. The molecule has 0 spiro atoms. The van der Waals surface area contributed by atoms with Crippen molar-refractivity contribution in [2.24, 2.45) is 0 Å². The highest BCUT2D eigenvalue weighted by Gasteiger charge is 2.33. The summed E-state index contributed by atoms with van der Waals surface area (Å²) in [5.41, 5.74) is 2.21. The summed E-state index contributed by atoms with van der Waals surface area (Å²) in [6, 6.07) is 3.35. The molecule has 2 aliphatic rings. The lowest BCUT2D eigenvalue weighted by Crippen LogP contribution is -2.46. The van der Waals surface area contributed by atoms with Crippen LogP contribution >= 0.6 is 12.4 Å². The van der Waals surface area contributed by atoms with E-state index in [9.17, 15) is 14.7 Å². The van der Waals surface area contributed by atoms with Crippen LogP contribution in [0, 0.1) is 0 Å². The van der Waals surface area contributed by atoms with Crippen LogP contribution in [0.4, 0.5) is 0 Å². The van der Waals surface area contributed by atoms with Crippen molar-refractivity contribution in [3.05, 3.63) is 23.3 Å². The van der Waals surface area contributed by atoms with Crippen molar-refractivity contribution in [1.82, 2.24) is 9.80 Å². The first-order valence-corrected chi connectivity index (χ1v) is 8.52. The van der Waals surface area contributed by atoms with Crippen molar-refractivity contribution in [1.29, 1.82) is 0 Å². The number of methoxy groups -OCH3 is 2. The zero-order valence-electron chi connectivity index (χ0n) is 15.1. The molecule has 1 aromatic rings. The number of nitrogens with zero attached hydrogens (tertiary/aromatic N) is 2. The average molecular weight is 385 g/mol. The summed E-state index contributed by atoms with van der Waals surface area (Å²) in [5, 5.41) is 9.25. The van der Waals surface area contributed by atoms with Gasteiger partial charge in [0.05, 0.1) is 20.8 Å². The number of benzene rings is 1. The highest BCUT2D eigenvalue weighted by Crippen LogP contribution is 2.33. The van der Waals surface area contributed by atoms with Crippen molar-refractivity contribution in [3.8, 4) is 11.5 Å². The van der Waals surface area contributed by atoms with Crippen LogP contribution in [0.2, 0.25) is 0 Å². The minimum absolute atomic E-state index is 0. The predicted molar refractivity (Wildman–Crippen MR) is 98.1 cm³/mol. The zero-order valence-corrected chi connectivity index (χ0v) is 15.9. The van der Waals surface area contributed by atoms with E-state index >= 15 is 0 Å². The minimum atomic E-state index is -0.842. The van der Waals surface area contributed by atoms with Crippen LogP contribution in [0.15, 0.2) is 12.1 Å². The Balaban J connectivity index is 0.00000243. The maximum absolute atomic E-state index is 12.6. The van der Waals surface area contributed by atoms with Gasteiger partial charge >= 0.3 is 5.97 Å². The summed E-state index contributed by atoms with van der Waals surface area (Å²) in [6.07, 6.45) is 2.19. The third-order valence-corrected chi connectivity index (χ3v) is 5.06. The van der Waals surface area contributed by atoms with Gasteiger partial charge in [0.2, 0.25) is 5.91 Å². The molecule has 26 heavy (non-hydrogen) atoms. The highest BCUT2D eigenvalue weighted by molar-refractivity contribution is 5.85. The monoisotopic (exact) mass is 384 g/mol. The van der Waals surface area contributed by atoms with Crippen LogP contribution in [0.3, 0.4) is 0 Å². The van der Waals surface area contributed by atoms with Gasteiger partial charge in [-0.2, -0.15) is 0 Å². The molecule has 8 heteroatoms. The Labute approximate surface area is 159 Å². The molecule has 2 aliphatic heterocycles. The Bertz CT molecular complexity index is 682. The molecule has 1 N–H and O–H groups in total. The first kappa shape index (κ1) is 20.3. The number of carbonyl (C=O) groups is 2. The van der Waals surface area contributed by atoms with E-state index < -0.39 is 12.0 Å². The van der Waals surface area contributed by atoms with Gasteiger partial charge < -0.3 is 19.5 Å². The van der Waals surface area contributed by atoms with E-state index in [-0.39, 0.29) is 24.9 Å². The molecule has 0 saturated carbocycles. The van der Waals surface area contributed by atoms with Crippen molar-refractivity contribution in [2.75, 3.05) is 33.9 Å². The van der Waals surface area contributed by atoms with Gasteiger partial charge in [0.15, 0.2) is 11.5 Å². The number of hydrogen-bond donors (Lipinski definition) is 1. The van der Waals surface area contributed by atoms with E-state index in [1.807, 2.05) is 12.1 Å². The maximum Gasteiger partial charge on any atom is 0.320 e. The van der Waals surface area contributed by atoms with Crippen molar-refractivity contribution >= 4 is 24.3 Å². The Morgan fingerprint density at radius 1 is 1.15 bits per heavy atom. The fourth-order valence-electron chi connectivity index (χ4n) is 3.66. The number of carboxylic acids is 1. The molecule has 1 fully saturated rings. The summed E-state index contributed by atoms with van der Waals surface area (Å²) in [5.74, 6) is 0.489. The number of ether oxygens (including phenoxy) is 2. The second-order valence-corrected chi connectivity index (χ2v) is 6.51. The van der Waals surface area contributed by atoms with Gasteiger partial charge in [-0.05, 0) is 49.1 Å². The number of rotatable bonds is 5. The topological polar surface area (TPSA) is 79.3 Å². The van der Waals surface area contributed by atoms with Gasteiger partial charge in [0, 0.05) is 13.1 Å². The fraction of sp³-hybridized carbons (Fsp3) is 0.556. The molecule has 0 radical (unpaired) electrons. The van der Waals surface area contributed by atoms with Crippen LogP contribution < -0.4 is 9.47 Å². The Hall–Kier alpha value is -1.99. The Kier molecular flexibility index (Phi) is 6.72. The normalized spacial score (nSPS) is 19.5. The molecule has 0 aliphatic carbocycles. The summed E-state index contributed by atoms with van der Waals surface area (Å²) in [6.45, 7) is 1.98. The second kappa shape index (κ2) is 8.60. The summed E-state index contributed by atoms with van der Waals surface area (Å²) in [7, 11) is 3.20. The minimum Gasteiger partial charge on any atom is -0.493 e. The average Bonchev–Trinajstić information content (AvgIpc) is 3.08. The molecule has 1 amide bonds. The number of halogens is 1. The maximum atomic E-state index is 12.6. The first-order chi connectivity index (χ1) is 12.0. The van der Waals surface area contributed by atoms with E-state index in [1.165, 1.54) is 0 Å². The van der Waals surface area contributed by atoms with Crippen molar-refractivity contribution < 1.29 is 24.2 Å². The third-order valence-electron chi connectivity index (χ3n) is 5.06. The van der Waals surface area contributed by atoms with Crippen LogP contribution in [0.1, 0.15) is 24.0 Å². The predicted octanol–water partition coefficient (Wildman–Crippen LogP) is 1.56. The number of hydrogen-bond acceptors (Lipinski definition) is 5. The summed E-state index contributed by atoms with van der Waals surface area (Å²) < 4.78 is 10.7. The number of aliphatic carboxylic acids is 1. The summed E-state index contributed by atoms with van der Waals surface area (Å²) >= 11 is 0. The molecular weight excluding hydrogens is 360 g/mol. The first-order valence-electron chi connectivity index (χ1n) is 8.52. The molecule has 1 saturated heterocycles. The van der Waals surface area contributed by atoms with E-state index in [0.717, 1.165) is 24.0 Å². The Morgan fingerprint density at radius 3 is 2.42 bits per heavy atom. The molecule has 0 bridgehead atoms. The van der Waals surface area contributed by atoms with E-state index in [2.05, 4.69) is 0 Å². The lowest BCUT2D eigenvalue weighted by molar-refractivity contribution is -0.143. The van der Waals surface area contributed by atoms with E-state index in [0.29, 0.717) is 37.6 Å². The molecule has 3 rings (SSSR count). The number of carbonyl (C=O) groups excluding carboxylic acids is 1. The Morgan fingerprint density at radius 2 is 1.81 bits per heavy atom. The molecule has 2 heterocycles. The summed E-state index contributed by atoms with van der Waals surface area (Å²) in [4.78, 5) is 27.5. The van der Waals surface area contributed by atoms with Crippen LogP contribution in [0.25, 0.3) is 0 Å². The van der Waals surface area contributed by atoms with Crippen LogP contribution in [-0.2, 0) is 22.6 Å². The lowest BCUT2D eigenvalue weighted by Gasteiger charge is -2.31. The van der Waals surface area contributed by atoms with Crippen molar-refractivity contribution in [3.63, 3.8) is 0 Å². The molecule has 0 unspecified atom stereocenters. The van der Waals surface area contributed by atoms with Gasteiger partial charge in [0.1, 0.15) is 6.04 Å². The number of likely N-dealkylation sites (tertiary alicyclic amines) is 1.